The SMILES string of the molecule is CCCCO[C@H]1[C@H](O)[C@@H](O)[C@H](O)[C@H]2N[C@H]21. The number of hydrogen-bond acceptors (Lipinski definition) is 5. The minimum absolute atomic E-state index is 0.00439. The molecule has 2 rings (SSSR count). The fourth-order valence-corrected chi connectivity index (χ4v) is 2.16. The summed E-state index contributed by atoms with van der Waals surface area (Å²) in [7, 11) is 0. The first-order chi connectivity index (χ1) is 7.16. The lowest BCUT2D eigenvalue weighted by atomic mass is 9.89. The Morgan fingerprint density at radius 3 is 2.47 bits per heavy atom. The highest BCUT2D eigenvalue weighted by Gasteiger charge is 2.58. The molecule has 2 fully saturated rings. The predicted octanol–water partition coefficient (Wildman–Crippen LogP) is -1.39. The summed E-state index contributed by atoms with van der Waals surface area (Å²) in [6.45, 7) is 2.66. The Kier molecular flexibility index (Phi) is 3.27. The quantitative estimate of drug-likeness (QED) is 0.344. The highest BCUT2D eigenvalue weighted by Crippen LogP contribution is 2.32. The molecule has 4 N–H and O–H groups in total. The van der Waals surface area contributed by atoms with E-state index in [0.717, 1.165) is 12.8 Å². The summed E-state index contributed by atoms with van der Waals surface area (Å²) in [5, 5.41) is 31.8. The van der Waals surface area contributed by atoms with Gasteiger partial charge in [0.05, 0.1) is 18.2 Å². The first kappa shape index (κ1) is 11.3. The van der Waals surface area contributed by atoms with Gasteiger partial charge in [-0.1, -0.05) is 13.3 Å². The predicted molar refractivity (Wildman–Crippen MR) is 53.4 cm³/mol. The third-order valence-electron chi connectivity index (χ3n) is 3.23. The average Bonchev–Trinajstić information content (AvgIpc) is 3.00. The summed E-state index contributed by atoms with van der Waals surface area (Å²) in [6, 6.07) is -0.120. The summed E-state index contributed by atoms with van der Waals surface area (Å²) < 4.78 is 5.52. The summed E-state index contributed by atoms with van der Waals surface area (Å²) in [6.07, 6.45) is -1.38. The van der Waals surface area contributed by atoms with Crippen LogP contribution in [0.4, 0.5) is 0 Å². The molecule has 1 aliphatic carbocycles. The largest absolute Gasteiger partial charge is 0.389 e. The molecule has 0 unspecified atom stereocenters. The van der Waals surface area contributed by atoms with Gasteiger partial charge in [0.1, 0.15) is 18.3 Å². The van der Waals surface area contributed by atoms with E-state index in [4.69, 9.17) is 4.74 Å². The molecule has 1 aliphatic heterocycles. The number of ether oxygens (including phenoxy) is 1. The van der Waals surface area contributed by atoms with Crippen molar-refractivity contribution in [3.8, 4) is 0 Å². The summed E-state index contributed by atoms with van der Waals surface area (Å²) in [5.41, 5.74) is 0. The maximum atomic E-state index is 9.73. The maximum Gasteiger partial charge on any atom is 0.110 e. The van der Waals surface area contributed by atoms with Gasteiger partial charge in [-0.15, -0.1) is 0 Å². The molecule has 0 radical (unpaired) electrons. The molecule has 0 spiro atoms. The van der Waals surface area contributed by atoms with Gasteiger partial charge in [0.15, 0.2) is 0 Å². The van der Waals surface area contributed by atoms with Gasteiger partial charge in [-0.3, -0.25) is 0 Å². The Labute approximate surface area is 89.1 Å². The molecule has 0 amide bonds. The van der Waals surface area contributed by atoms with Gasteiger partial charge in [0.25, 0.3) is 0 Å². The van der Waals surface area contributed by atoms with Crippen LogP contribution < -0.4 is 5.32 Å². The molecule has 1 heterocycles. The first-order valence-corrected chi connectivity index (χ1v) is 5.58. The van der Waals surface area contributed by atoms with Crippen molar-refractivity contribution in [3.05, 3.63) is 0 Å². The molecule has 88 valence electrons. The second-order valence-electron chi connectivity index (χ2n) is 4.38. The van der Waals surface area contributed by atoms with E-state index in [2.05, 4.69) is 12.2 Å². The third kappa shape index (κ3) is 2.03. The van der Waals surface area contributed by atoms with Crippen molar-refractivity contribution in [3.63, 3.8) is 0 Å². The number of aliphatic hydroxyl groups is 3. The number of hydrogen-bond donors (Lipinski definition) is 4. The Balaban J connectivity index is 1.89. The lowest BCUT2D eigenvalue weighted by Crippen LogP contribution is -2.54. The molecular weight excluding hydrogens is 198 g/mol. The van der Waals surface area contributed by atoms with Gasteiger partial charge in [0, 0.05) is 6.61 Å². The van der Waals surface area contributed by atoms with Crippen molar-refractivity contribution in [2.24, 2.45) is 0 Å². The lowest BCUT2D eigenvalue weighted by molar-refractivity contribution is -0.140. The monoisotopic (exact) mass is 217 g/mol. The number of rotatable bonds is 4. The Hall–Kier alpha value is -0.200. The molecule has 6 atom stereocenters. The second kappa shape index (κ2) is 4.35. The minimum atomic E-state index is -1.10. The molecule has 1 saturated heterocycles. The zero-order valence-electron chi connectivity index (χ0n) is 8.84. The molecule has 0 aromatic rings. The van der Waals surface area contributed by atoms with Crippen LogP contribution in [-0.4, -0.2) is 58.4 Å². The van der Waals surface area contributed by atoms with Crippen LogP contribution in [0.15, 0.2) is 0 Å². The van der Waals surface area contributed by atoms with Crippen LogP contribution in [0.3, 0.4) is 0 Å². The van der Waals surface area contributed by atoms with Gasteiger partial charge >= 0.3 is 0 Å². The Morgan fingerprint density at radius 2 is 1.80 bits per heavy atom. The third-order valence-corrected chi connectivity index (χ3v) is 3.23. The van der Waals surface area contributed by atoms with Crippen molar-refractivity contribution in [2.75, 3.05) is 6.61 Å². The van der Waals surface area contributed by atoms with Crippen LogP contribution in [0.5, 0.6) is 0 Å². The molecular formula is C10H19NO4. The second-order valence-corrected chi connectivity index (χ2v) is 4.38. The van der Waals surface area contributed by atoms with E-state index in [1.54, 1.807) is 0 Å². The summed E-state index contributed by atoms with van der Waals surface area (Å²) in [4.78, 5) is 0. The smallest absolute Gasteiger partial charge is 0.110 e. The lowest BCUT2D eigenvalue weighted by Gasteiger charge is -2.33. The van der Waals surface area contributed by atoms with Gasteiger partial charge < -0.3 is 25.4 Å². The van der Waals surface area contributed by atoms with Crippen molar-refractivity contribution in [1.82, 2.24) is 5.32 Å². The van der Waals surface area contributed by atoms with Crippen LogP contribution in [0.2, 0.25) is 0 Å². The first-order valence-electron chi connectivity index (χ1n) is 5.58. The number of aliphatic hydroxyl groups excluding tert-OH is 3. The maximum absolute atomic E-state index is 9.73. The molecule has 0 bridgehead atoms. The molecule has 0 aromatic heterocycles. The fraction of sp³-hybridized carbons (Fsp3) is 1.00. The molecule has 15 heavy (non-hydrogen) atoms. The van der Waals surface area contributed by atoms with Crippen molar-refractivity contribution >= 4 is 0 Å². The van der Waals surface area contributed by atoms with Gasteiger partial charge in [0.2, 0.25) is 0 Å². The van der Waals surface area contributed by atoms with Crippen molar-refractivity contribution in [2.45, 2.75) is 56.3 Å². The van der Waals surface area contributed by atoms with E-state index in [-0.39, 0.29) is 18.2 Å². The van der Waals surface area contributed by atoms with Gasteiger partial charge in [-0.2, -0.15) is 0 Å². The minimum Gasteiger partial charge on any atom is -0.389 e. The zero-order chi connectivity index (χ0) is 11.0. The fourth-order valence-electron chi connectivity index (χ4n) is 2.16. The van der Waals surface area contributed by atoms with E-state index in [1.165, 1.54) is 0 Å². The molecule has 0 aromatic carbocycles. The highest BCUT2D eigenvalue weighted by molar-refractivity contribution is 5.16. The van der Waals surface area contributed by atoms with Crippen LogP contribution >= 0.6 is 0 Å². The molecule has 2 aliphatic rings. The Bertz CT molecular complexity index is 225. The van der Waals surface area contributed by atoms with E-state index < -0.39 is 18.3 Å². The van der Waals surface area contributed by atoms with Crippen LogP contribution in [0, 0.1) is 0 Å². The van der Waals surface area contributed by atoms with E-state index in [1.807, 2.05) is 0 Å². The topological polar surface area (TPSA) is 91.9 Å². The van der Waals surface area contributed by atoms with Crippen LogP contribution in [0.1, 0.15) is 19.8 Å². The molecule has 5 nitrogen and oxygen atoms in total. The summed E-state index contributed by atoms with van der Waals surface area (Å²) in [5.74, 6) is 0. The molecule has 1 saturated carbocycles. The van der Waals surface area contributed by atoms with Crippen LogP contribution in [-0.2, 0) is 4.74 Å². The number of nitrogens with one attached hydrogen (secondary N) is 1. The van der Waals surface area contributed by atoms with Crippen LogP contribution in [0.25, 0.3) is 0 Å². The standard InChI is InChI=1S/C10H19NO4/c1-2-3-4-15-10-6-5(11-6)7(12)8(13)9(10)14/h5-14H,2-4H2,1H3/t5-,6+,7+,8-,9+,10+/m0/s1. The van der Waals surface area contributed by atoms with E-state index >= 15 is 0 Å². The number of unbranched alkanes of at least 4 members (excludes halogenated alkanes) is 1. The summed E-state index contributed by atoms with van der Waals surface area (Å²) >= 11 is 0. The Morgan fingerprint density at radius 1 is 1.07 bits per heavy atom. The van der Waals surface area contributed by atoms with Gasteiger partial charge in [-0.25, -0.2) is 0 Å². The van der Waals surface area contributed by atoms with Crippen molar-refractivity contribution < 1.29 is 20.1 Å². The molecule has 5 heteroatoms. The zero-order valence-corrected chi connectivity index (χ0v) is 8.84. The van der Waals surface area contributed by atoms with E-state index in [9.17, 15) is 15.3 Å². The van der Waals surface area contributed by atoms with Crippen molar-refractivity contribution in [1.29, 1.82) is 0 Å². The highest BCUT2D eigenvalue weighted by atomic mass is 16.5. The normalized spacial score (nSPS) is 48.8. The average molecular weight is 217 g/mol. The van der Waals surface area contributed by atoms with E-state index in [0.29, 0.717) is 6.61 Å². The number of fused-ring (bicyclic) bond motifs is 1. The van der Waals surface area contributed by atoms with Gasteiger partial charge in [-0.05, 0) is 6.42 Å².